The number of carbonyl (C=O) groups excluding carboxylic acids is 1. The molecule has 0 aliphatic carbocycles. The summed E-state index contributed by atoms with van der Waals surface area (Å²) in [5.74, 6) is 1.76. The number of tetrazole rings is 1. The first kappa shape index (κ1) is 19.3. The molecule has 0 radical (unpaired) electrons. The Kier molecular flexibility index (Phi) is 5.70. The van der Waals surface area contributed by atoms with Gasteiger partial charge in [0.1, 0.15) is 5.82 Å². The molecular formula is C19H27N9O. The molecule has 0 atom stereocenters. The summed E-state index contributed by atoms with van der Waals surface area (Å²) >= 11 is 0. The fourth-order valence-corrected chi connectivity index (χ4v) is 3.59. The maximum Gasteiger partial charge on any atom is 0.317 e. The summed E-state index contributed by atoms with van der Waals surface area (Å²) in [5.41, 5.74) is 2.07. The van der Waals surface area contributed by atoms with Crippen LogP contribution in [0.1, 0.15) is 17.8 Å². The van der Waals surface area contributed by atoms with Crippen molar-refractivity contribution in [2.24, 2.45) is 7.05 Å². The van der Waals surface area contributed by atoms with E-state index < -0.39 is 0 Å². The monoisotopic (exact) mass is 397 g/mol. The van der Waals surface area contributed by atoms with Crippen molar-refractivity contribution < 1.29 is 4.79 Å². The lowest BCUT2D eigenvalue weighted by Gasteiger charge is -2.33. The number of nitrogens with zero attached hydrogens (tertiary/aromatic N) is 8. The molecule has 10 nitrogen and oxygen atoms in total. The van der Waals surface area contributed by atoms with Crippen molar-refractivity contribution in [3.63, 3.8) is 0 Å². The van der Waals surface area contributed by atoms with Gasteiger partial charge in [-0.25, -0.2) is 14.5 Å². The third kappa shape index (κ3) is 4.53. The van der Waals surface area contributed by atoms with Crippen LogP contribution in [0, 0.1) is 0 Å². The van der Waals surface area contributed by atoms with Crippen molar-refractivity contribution in [1.29, 1.82) is 0 Å². The number of amides is 2. The summed E-state index contributed by atoms with van der Waals surface area (Å²) in [4.78, 5) is 23.5. The number of anilines is 1. The van der Waals surface area contributed by atoms with Gasteiger partial charge in [0.25, 0.3) is 0 Å². The third-order valence-corrected chi connectivity index (χ3v) is 5.48. The van der Waals surface area contributed by atoms with Gasteiger partial charge >= 0.3 is 6.03 Å². The topological polar surface area (TPSA) is 95.3 Å². The van der Waals surface area contributed by atoms with E-state index in [0.29, 0.717) is 19.6 Å². The molecule has 154 valence electrons. The molecular weight excluding hydrogens is 370 g/mol. The summed E-state index contributed by atoms with van der Waals surface area (Å²) in [7, 11) is 3.96. The first-order valence-corrected chi connectivity index (χ1v) is 9.93. The molecule has 1 saturated heterocycles. The number of hydrogen-bond donors (Lipinski definition) is 1. The van der Waals surface area contributed by atoms with E-state index in [-0.39, 0.29) is 6.03 Å². The summed E-state index contributed by atoms with van der Waals surface area (Å²) in [6.45, 7) is 5.76. The van der Waals surface area contributed by atoms with Gasteiger partial charge in [-0.1, -0.05) is 12.1 Å². The molecule has 10 heteroatoms. The Morgan fingerprint density at radius 3 is 2.59 bits per heavy atom. The van der Waals surface area contributed by atoms with Gasteiger partial charge in [-0.2, -0.15) is 0 Å². The SMILES string of the molecule is CN1CCN(c2ccc(CNC(=O)N3CC=C(c4nnnn4C)CC3)cn2)CC1. The fourth-order valence-electron chi connectivity index (χ4n) is 3.59. The first-order valence-electron chi connectivity index (χ1n) is 9.93. The van der Waals surface area contributed by atoms with Crippen LogP contribution in [0.25, 0.3) is 5.57 Å². The average Bonchev–Trinajstić information content (AvgIpc) is 3.19. The summed E-state index contributed by atoms with van der Waals surface area (Å²) in [6, 6.07) is 4.01. The van der Waals surface area contributed by atoms with E-state index >= 15 is 0 Å². The van der Waals surface area contributed by atoms with Crippen LogP contribution < -0.4 is 10.2 Å². The Bertz CT molecular complexity index is 868. The largest absolute Gasteiger partial charge is 0.354 e. The molecule has 1 N–H and O–H groups in total. The smallest absolute Gasteiger partial charge is 0.317 e. The predicted molar refractivity (Wildman–Crippen MR) is 109 cm³/mol. The van der Waals surface area contributed by atoms with E-state index in [1.807, 2.05) is 31.5 Å². The van der Waals surface area contributed by atoms with Crippen LogP contribution in [-0.4, -0.2) is 87.3 Å². The highest BCUT2D eigenvalue weighted by molar-refractivity contribution is 5.76. The van der Waals surface area contributed by atoms with Crippen LogP contribution in [0.2, 0.25) is 0 Å². The fraction of sp³-hybridized carbons (Fsp3) is 0.526. The number of likely N-dealkylation sites (N-methyl/N-ethyl adjacent to an activating group) is 1. The number of rotatable bonds is 4. The summed E-state index contributed by atoms with van der Waals surface area (Å²) < 4.78 is 1.65. The van der Waals surface area contributed by atoms with Crippen LogP contribution in [0.4, 0.5) is 10.6 Å². The number of aryl methyl sites for hydroxylation is 1. The van der Waals surface area contributed by atoms with Gasteiger partial charge in [0.2, 0.25) is 0 Å². The van der Waals surface area contributed by atoms with E-state index in [1.54, 1.807) is 9.58 Å². The van der Waals surface area contributed by atoms with E-state index in [2.05, 4.69) is 42.7 Å². The van der Waals surface area contributed by atoms with Crippen molar-refractivity contribution in [2.75, 3.05) is 51.2 Å². The molecule has 0 unspecified atom stereocenters. The minimum absolute atomic E-state index is 0.0699. The summed E-state index contributed by atoms with van der Waals surface area (Å²) in [5, 5.41) is 14.5. The summed E-state index contributed by atoms with van der Waals surface area (Å²) in [6.07, 6.45) is 4.60. The Labute approximate surface area is 170 Å². The maximum atomic E-state index is 12.5. The number of piperazine rings is 1. The van der Waals surface area contributed by atoms with Crippen LogP contribution >= 0.6 is 0 Å². The zero-order chi connectivity index (χ0) is 20.2. The molecule has 4 rings (SSSR count). The lowest BCUT2D eigenvalue weighted by molar-refractivity contribution is 0.202. The van der Waals surface area contributed by atoms with E-state index in [4.69, 9.17) is 0 Å². The maximum absolute atomic E-state index is 12.5. The minimum Gasteiger partial charge on any atom is -0.354 e. The molecule has 2 aliphatic heterocycles. The molecule has 0 spiro atoms. The first-order chi connectivity index (χ1) is 14.1. The minimum atomic E-state index is -0.0699. The average molecular weight is 397 g/mol. The molecule has 1 fully saturated rings. The van der Waals surface area contributed by atoms with E-state index in [9.17, 15) is 4.79 Å². The Morgan fingerprint density at radius 1 is 1.14 bits per heavy atom. The van der Waals surface area contributed by atoms with Gasteiger partial charge < -0.3 is 20.0 Å². The Balaban J connectivity index is 1.27. The molecule has 2 aromatic rings. The second-order valence-electron chi connectivity index (χ2n) is 7.53. The zero-order valence-corrected chi connectivity index (χ0v) is 17.0. The highest BCUT2D eigenvalue weighted by Gasteiger charge is 2.20. The molecule has 29 heavy (non-hydrogen) atoms. The van der Waals surface area contributed by atoms with Gasteiger partial charge in [-0.05, 0) is 41.1 Å². The van der Waals surface area contributed by atoms with Gasteiger partial charge in [0, 0.05) is 59.1 Å². The Morgan fingerprint density at radius 2 is 1.97 bits per heavy atom. The standard InChI is InChI=1S/C19H27N9O/c1-25-9-11-27(12-10-25)17-4-3-15(13-20-17)14-21-19(29)28-7-5-16(6-8-28)18-22-23-24-26(18)2/h3-5,13H,6-12,14H2,1-2H3,(H,21,29). The van der Waals surface area contributed by atoms with Crippen molar-refractivity contribution in [3.05, 3.63) is 35.8 Å². The van der Waals surface area contributed by atoms with E-state index in [0.717, 1.165) is 55.4 Å². The van der Waals surface area contributed by atoms with Crippen LogP contribution in [0.3, 0.4) is 0 Å². The number of pyridine rings is 1. The zero-order valence-electron chi connectivity index (χ0n) is 17.0. The number of hydrogen-bond acceptors (Lipinski definition) is 7. The molecule has 2 aromatic heterocycles. The molecule has 2 amide bonds. The number of nitrogens with one attached hydrogen (secondary N) is 1. The normalized spacial score (nSPS) is 17.9. The number of carbonyl (C=O) groups is 1. The van der Waals surface area contributed by atoms with Crippen molar-refractivity contribution in [1.82, 2.24) is 40.3 Å². The van der Waals surface area contributed by atoms with Gasteiger partial charge in [0.15, 0.2) is 5.82 Å². The molecule has 0 saturated carbocycles. The van der Waals surface area contributed by atoms with Crippen LogP contribution in [0.15, 0.2) is 24.4 Å². The molecule has 4 heterocycles. The van der Waals surface area contributed by atoms with Crippen molar-refractivity contribution >= 4 is 17.4 Å². The van der Waals surface area contributed by atoms with Gasteiger partial charge in [-0.3, -0.25) is 0 Å². The van der Waals surface area contributed by atoms with Crippen molar-refractivity contribution in [2.45, 2.75) is 13.0 Å². The number of aromatic nitrogens is 5. The highest BCUT2D eigenvalue weighted by Crippen LogP contribution is 2.19. The third-order valence-electron chi connectivity index (χ3n) is 5.48. The second-order valence-corrected chi connectivity index (χ2v) is 7.53. The predicted octanol–water partition coefficient (Wildman–Crippen LogP) is 0.356. The Hall–Kier alpha value is -3.01. The van der Waals surface area contributed by atoms with Gasteiger partial charge in [0.05, 0.1) is 0 Å². The molecule has 0 bridgehead atoms. The molecule has 2 aliphatic rings. The lowest BCUT2D eigenvalue weighted by atomic mass is 10.1. The number of urea groups is 1. The van der Waals surface area contributed by atoms with E-state index in [1.165, 1.54) is 0 Å². The van der Waals surface area contributed by atoms with Gasteiger partial charge in [-0.15, -0.1) is 5.10 Å². The quantitative estimate of drug-likeness (QED) is 0.796. The second kappa shape index (κ2) is 8.56. The van der Waals surface area contributed by atoms with Crippen LogP contribution in [0.5, 0.6) is 0 Å². The molecule has 0 aromatic carbocycles. The highest BCUT2D eigenvalue weighted by atomic mass is 16.2. The van der Waals surface area contributed by atoms with Crippen molar-refractivity contribution in [3.8, 4) is 0 Å². The van der Waals surface area contributed by atoms with Crippen LogP contribution in [-0.2, 0) is 13.6 Å². The lowest BCUT2D eigenvalue weighted by Crippen LogP contribution is -2.44.